The van der Waals surface area contributed by atoms with Gasteiger partial charge in [0.15, 0.2) is 12.1 Å². The summed E-state index contributed by atoms with van der Waals surface area (Å²) in [6.07, 6.45) is 3.63. The van der Waals surface area contributed by atoms with Gasteiger partial charge in [-0.15, -0.1) is 0 Å². The number of hydrogen-bond donors (Lipinski definition) is 0. The standard InChI is InChI=1S/C15H15NO3.C3H8O/c1-9-12(8-17)16(2)11-6-10(7-13(18)15(9)11)14-4-3-5-19-14;1-3-4-2/h3-5,8,10H,6-7H2,1-2H3;3H2,1-2H3. The molecule has 0 amide bonds. The second-order valence-electron chi connectivity index (χ2n) is 5.63. The number of hydrogen-bond acceptors (Lipinski definition) is 4. The monoisotopic (exact) mass is 317 g/mol. The van der Waals surface area contributed by atoms with E-state index < -0.39 is 0 Å². The average molecular weight is 317 g/mol. The molecule has 0 fully saturated rings. The fourth-order valence-corrected chi connectivity index (χ4v) is 3.04. The minimum atomic E-state index is 0.0718. The molecule has 0 N–H and O–H groups in total. The maximum absolute atomic E-state index is 12.3. The molecular weight excluding hydrogens is 294 g/mol. The van der Waals surface area contributed by atoms with E-state index in [-0.39, 0.29) is 11.7 Å². The summed E-state index contributed by atoms with van der Waals surface area (Å²) in [5, 5.41) is 0. The maximum Gasteiger partial charge on any atom is 0.166 e. The second kappa shape index (κ2) is 7.42. The number of carbonyl (C=O) groups excluding carboxylic acids is 2. The quantitative estimate of drug-likeness (QED) is 0.815. The topological polar surface area (TPSA) is 61.4 Å². The molecule has 0 aromatic carbocycles. The number of rotatable bonds is 3. The SMILES string of the molecule is CCOC.Cc1c2c(n(C)c1C=O)CC(c1ccco1)CC2=O. The molecule has 1 aliphatic rings. The van der Waals surface area contributed by atoms with E-state index in [0.717, 1.165) is 41.9 Å². The summed E-state index contributed by atoms with van der Waals surface area (Å²) >= 11 is 0. The number of nitrogens with zero attached hydrogens (tertiary/aromatic N) is 1. The van der Waals surface area contributed by atoms with Gasteiger partial charge in [-0.3, -0.25) is 9.59 Å². The van der Waals surface area contributed by atoms with E-state index in [9.17, 15) is 9.59 Å². The van der Waals surface area contributed by atoms with E-state index in [1.54, 1.807) is 13.4 Å². The van der Waals surface area contributed by atoms with Crippen LogP contribution in [0.25, 0.3) is 0 Å². The van der Waals surface area contributed by atoms with E-state index in [0.29, 0.717) is 12.1 Å². The second-order valence-corrected chi connectivity index (χ2v) is 5.63. The summed E-state index contributed by atoms with van der Waals surface area (Å²) in [5.74, 6) is 1.01. The lowest BCUT2D eigenvalue weighted by Crippen LogP contribution is -2.19. The predicted molar refractivity (Wildman–Crippen MR) is 87.2 cm³/mol. The van der Waals surface area contributed by atoms with Gasteiger partial charge >= 0.3 is 0 Å². The number of Topliss-reactive ketones (excluding diaryl/α,β-unsaturated/α-hetero) is 1. The zero-order chi connectivity index (χ0) is 17.0. The highest BCUT2D eigenvalue weighted by Gasteiger charge is 2.33. The van der Waals surface area contributed by atoms with Gasteiger partial charge in [0.2, 0.25) is 0 Å². The van der Waals surface area contributed by atoms with Crippen LogP contribution in [0, 0.1) is 6.92 Å². The van der Waals surface area contributed by atoms with Crippen molar-refractivity contribution in [3.05, 3.63) is 46.7 Å². The normalized spacial score (nSPS) is 16.5. The first-order valence-electron chi connectivity index (χ1n) is 7.73. The third-order valence-corrected chi connectivity index (χ3v) is 4.31. The Morgan fingerprint density at radius 3 is 2.65 bits per heavy atom. The number of fused-ring (bicyclic) bond motifs is 1. The van der Waals surface area contributed by atoms with Crippen molar-refractivity contribution in [1.82, 2.24) is 4.57 Å². The number of aldehydes is 1. The number of furan rings is 1. The first-order chi connectivity index (χ1) is 11.0. The Hall–Kier alpha value is -2.14. The van der Waals surface area contributed by atoms with Crippen LogP contribution in [-0.2, 0) is 18.2 Å². The van der Waals surface area contributed by atoms with Gasteiger partial charge in [0.05, 0.1) is 12.0 Å². The highest BCUT2D eigenvalue weighted by atomic mass is 16.5. The molecule has 0 saturated carbocycles. The van der Waals surface area contributed by atoms with Crippen molar-refractivity contribution in [1.29, 1.82) is 0 Å². The molecule has 0 radical (unpaired) electrons. The zero-order valence-electron chi connectivity index (χ0n) is 14.1. The average Bonchev–Trinajstić information content (AvgIpc) is 3.16. The molecule has 0 aliphatic heterocycles. The lowest BCUT2D eigenvalue weighted by molar-refractivity contribution is 0.0958. The van der Waals surface area contributed by atoms with Crippen LogP contribution < -0.4 is 0 Å². The molecular formula is C18H23NO4. The third-order valence-electron chi connectivity index (χ3n) is 4.31. The molecule has 2 aromatic heterocycles. The van der Waals surface area contributed by atoms with Crippen molar-refractivity contribution in [3.8, 4) is 0 Å². The molecule has 1 atom stereocenters. The Morgan fingerprint density at radius 1 is 1.43 bits per heavy atom. The molecule has 0 bridgehead atoms. The van der Waals surface area contributed by atoms with E-state index in [4.69, 9.17) is 4.42 Å². The summed E-state index contributed by atoms with van der Waals surface area (Å²) in [6.45, 7) is 4.62. The van der Waals surface area contributed by atoms with Crippen LogP contribution in [0.4, 0.5) is 0 Å². The van der Waals surface area contributed by atoms with Crippen LogP contribution in [-0.4, -0.2) is 30.4 Å². The Morgan fingerprint density at radius 2 is 2.13 bits per heavy atom. The fourth-order valence-electron chi connectivity index (χ4n) is 3.04. The van der Waals surface area contributed by atoms with Gasteiger partial charge in [0.1, 0.15) is 5.76 Å². The summed E-state index contributed by atoms with van der Waals surface area (Å²) in [7, 11) is 3.52. The molecule has 124 valence electrons. The van der Waals surface area contributed by atoms with Crippen molar-refractivity contribution >= 4 is 12.1 Å². The first-order valence-corrected chi connectivity index (χ1v) is 7.73. The molecule has 1 unspecified atom stereocenters. The Balaban J connectivity index is 0.000000433. The molecule has 1 aliphatic carbocycles. The first kappa shape index (κ1) is 17.2. The molecule has 5 heteroatoms. The minimum absolute atomic E-state index is 0.0718. The number of ketones is 1. The Bertz CT molecular complexity index is 680. The molecule has 0 saturated heterocycles. The lowest BCUT2D eigenvalue weighted by Gasteiger charge is -2.21. The zero-order valence-corrected chi connectivity index (χ0v) is 14.1. The number of methoxy groups -OCH3 is 1. The Kier molecular flexibility index (Phi) is 5.55. The number of aromatic nitrogens is 1. The van der Waals surface area contributed by atoms with Gasteiger partial charge in [-0.25, -0.2) is 0 Å². The molecule has 5 nitrogen and oxygen atoms in total. The third kappa shape index (κ3) is 3.29. The van der Waals surface area contributed by atoms with Gasteiger partial charge in [-0.2, -0.15) is 0 Å². The van der Waals surface area contributed by atoms with Crippen molar-refractivity contribution in [2.24, 2.45) is 7.05 Å². The van der Waals surface area contributed by atoms with Crippen molar-refractivity contribution in [3.63, 3.8) is 0 Å². The number of ether oxygens (including phenoxy) is 1. The van der Waals surface area contributed by atoms with Gasteiger partial charge < -0.3 is 13.7 Å². The van der Waals surface area contributed by atoms with Crippen molar-refractivity contribution in [2.75, 3.05) is 13.7 Å². The summed E-state index contributed by atoms with van der Waals surface area (Å²) in [4.78, 5) is 23.5. The highest BCUT2D eigenvalue weighted by molar-refractivity contribution is 6.02. The van der Waals surface area contributed by atoms with E-state index in [1.165, 1.54) is 0 Å². The lowest BCUT2D eigenvalue weighted by atomic mass is 9.84. The summed E-state index contributed by atoms with van der Waals surface area (Å²) in [5.41, 5.74) is 3.07. The van der Waals surface area contributed by atoms with Crippen LogP contribution >= 0.6 is 0 Å². The van der Waals surface area contributed by atoms with Crippen LogP contribution in [0.5, 0.6) is 0 Å². The maximum atomic E-state index is 12.3. The van der Waals surface area contributed by atoms with Crippen LogP contribution in [0.1, 0.15) is 57.1 Å². The van der Waals surface area contributed by atoms with Crippen LogP contribution in [0.3, 0.4) is 0 Å². The van der Waals surface area contributed by atoms with Gasteiger partial charge in [-0.1, -0.05) is 0 Å². The van der Waals surface area contributed by atoms with Crippen molar-refractivity contribution in [2.45, 2.75) is 32.6 Å². The van der Waals surface area contributed by atoms with Gasteiger partial charge in [0.25, 0.3) is 0 Å². The van der Waals surface area contributed by atoms with Gasteiger partial charge in [-0.05, 0) is 38.0 Å². The van der Waals surface area contributed by atoms with E-state index in [2.05, 4.69) is 4.74 Å². The minimum Gasteiger partial charge on any atom is -0.469 e. The van der Waals surface area contributed by atoms with E-state index >= 15 is 0 Å². The Labute approximate surface area is 136 Å². The van der Waals surface area contributed by atoms with Gasteiger partial charge in [0, 0.05) is 44.4 Å². The largest absolute Gasteiger partial charge is 0.469 e. The molecule has 2 aromatic rings. The smallest absolute Gasteiger partial charge is 0.166 e. The molecule has 0 spiro atoms. The highest BCUT2D eigenvalue weighted by Crippen LogP contribution is 2.36. The van der Waals surface area contributed by atoms with Crippen LogP contribution in [0.15, 0.2) is 22.8 Å². The van der Waals surface area contributed by atoms with Crippen molar-refractivity contribution < 1.29 is 18.7 Å². The van der Waals surface area contributed by atoms with E-state index in [1.807, 2.05) is 37.6 Å². The fraction of sp³-hybridized carbons (Fsp3) is 0.444. The van der Waals surface area contributed by atoms with Crippen LogP contribution in [0.2, 0.25) is 0 Å². The molecule has 3 rings (SSSR count). The summed E-state index contributed by atoms with van der Waals surface area (Å²) in [6, 6.07) is 3.74. The molecule has 2 heterocycles. The predicted octanol–water partition coefficient (Wildman–Crippen LogP) is 3.30. The summed E-state index contributed by atoms with van der Waals surface area (Å²) < 4.78 is 11.8. The number of carbonyl (C=O) groups is 2. The molecule has 23 heavy (non-hydrogen) atoms.